The number of aliphatic hydroxyl groups is 1. The Bertz CT molecular complexity index is 1080. The van der Waals surface area contributed by atoms with Crippen molar-refractivity contribution < 1.29 is 32.5 Å². The monoisotopic (exact) mass is 492 g/mol. The largest absolute Gasteiger partial charge is 0.454 e. The summed E-state index contributed by atoms with van der Waals surface area (Å²) >= 11 is 0. The van der Waals surface area contributed by atoms with Crippen molar-refractivity contribution in [2.75, 3.05) is 40.6 Å². The van der Waals surface area contributed by atoms with E-state index in [0.717, 1.165) is 0 Å². The lowest BCUT2D eigenvalue weighted by molar-refractivity contribution is 0.0221. The van der Waals surface area contributed by atoms with Gasteiger partial charge in [-0.1, -0.05) is 25.1 Å². The number of rotatable bonds is 11. The maximum Gasteiger partial charge on any atom is 0.253 e. The SMILES string of the molecule is CO[C@@H](CN(C)C(=O)c1ccc2c(c1)OCO2)[C@@H](C)CN([C@H](C)CO)S(=O)(=O)c1ccccc1. The Kier molecular flexibility index (Phi) is 8.53. The number of aliphatic hydroxyl groups excluding tert-OH is 1. The zero-order valence-corrected chi connectivity index (χ0v) is 20.7. The van der Waals surface area contributed by atoms with Crippen molar-refractivity contribution in [2.24, 2.45) is 5.92 Å². The van der Waals surface area contributed by atoms with Crippen LogP contribution in [0.1, 0.15) is 24.2 Å². The van der Waals surface area contributed by atoms with E-state index in [1.54, 1.807) is 50.4 Å². The van der Waals surface area contributed by atoms with E-state index in [9.17, 15) is 18.3 Å². The van der Waals surface area contributed by atoms with Crippen molar-refractivity contribution in [1.82, 2.24) is 9.21 Å². The van der Waals surface area contributed by atoms with Crippen molar-refractivity contribution in [1.29, 1.82) is 0 Å². The highest BCUT2D eigenvalue weighted by molar-refractivity contribution is 7.89. The maximum atomic E-state index is 13.3. The molecule has 186 valence electrons. The number of carbonyl (C=O) groups is 1. The van der Waals surface area contributed by atoms with Gasteiger partial charge in [-0.05, 0) is 43.2 Å². The number of likely N-dealkylation sites (N-methyl/N-ethyl adjacent to an activating group) is 1. The molecule has 2 aromatic rings. The first kappa shape index (κ1) is 26.0. The summed E-state index contributed by atoms with van der Waals surface area (Å²) in [5, 5.41) is 9.73. The number of fused-ring (bicyclic) bond motifs is 1. The van der Waals surface area contributed by atoms with E-state index in [0.29, 0.717) is 17.1 Å². The Morgan fingerprint density at radius 3 is 2.41 bits per heavy atom. The summed E-state index contributed by atoms with van der Waals surface area (Å²) in [6.07, 6.45) is -0.442. The lowest BCUT2D eigenvalue weighted by atomic mass is 10.0. The van der Waals surface area contributed by atoms with Gasteiger partial charge in [0.1, 0.15) is 0 Å². The number of carbonyl (C=O) groups excluding carboxylic acids is 1. The van der Waals surface area contributed by atoms with Crippen LogP contribution in [-0.2, 0) is 14.8 Å². The minimum absolute atomic E-state index is 0.115. The molecule has 0 saturated carbocycles. The van der Waals surface area contributed by atoms with Crippen molar-refractivity contribution in [2.45, 2.75) is 30.9 Å². The third-order valence-electron chi connectivity index (χ3n) is 5.93. The second-order valence-corrected chi connectivity index (χ2v) is 10.3. The van der Waals surface area contributed by atoms with Crippen LogP contribution in [0, 0.1) is 5.92 Å². The van der Waals surface area contributed by atoms with Gasteiger partial charge in [-0.2, -0.15) is 4.31 Å². The molecule has 1 aliphatic rings. The fraction of sp³-hybridized carbons (Fsp3) is 0.458. The van der Waals surface area contributed by atoms with Crippen LogP contribution in [0.25, 0.3) is 0 Å². The summed E-state index contributed by atoms with van der Waals surface area (Å²) in [5.41, 5.74) is 0.455. The Balaban J connectivity index is 1.72. The Morgan fingerprint density at radius 2 is 1.76 bits per heavy atom. The third-order valence-corrected chi connectivity index (χ3v) is 7.93. The summed E-state index contributed by atoms with van der Waals surface area (Å²) in [7, 11) is -0.631. The van der Waals surface area contributed by atoms with Gasteiger partial charge in [0.2, 0.25) is 16.8 Å². The summed E-state index contributed by atoms with van der Waals surface area (Å²) in [6.45, 7) is 3.69. The van der Waals surface area contributed by atoms with Crippen LogP contribution < -0.4 is 9.47 Å². The number of benzene rings is 2. The second kappa shape index (κ2) is 11.2. The van der Waals surface area contributed by atoms with Crippen LogP contribution in [0.5, 0.6) is 11.5 Å². The molecule has 0 saturated heterocycles. The van der Waals surface area contributed by atoms with Crippen LogP contribution in [0.2, 0.25) is 0 Å². The number of hydrogen-bond donors (Lipinski definition) is 1. The molecule has 34 heavy (non-hydrogen) atoms. The number of hydrogen-bond acceptors (Lipinski definition) is 7. The molecule has 3 atom stereocenters. The minimum atomic E-state index is -3.83. The molecule has 0 aromatic heterocycles. The van der Waals surface area contributed by atoms with Gasteiger partial charge in [-0.3, -0.25) is 4.79 Å². The molecule has 2 aromatic carbocycles. The molecule has 10 heteroatoms. The molecule has 0 spiro atoms. The molecule has 9 nitrogen and oxygen atoms in total. The summed E-state index contributed by atoms with van der Waals surface area (Å²) in [6, 6.07) is 12.5. The fourth-order valence-electron chi connectivity index (χ4n) is 3.82. The van der Waals surface area contributed by atoms with Gasteiger partial charge in [0, 0.05) is 38.9 Å². The predicted octanol–water partition coefficient (Wildman–Crippen LogP) is 2.21. The van der Waals surface area contributed by atoms with Crippen LogP contribution in [0.3, 0.4) is 0 Å². The molecule has 0 bridgehead atoms. The highest BCUT2D eigenvalue weighted by Crippen LogP contribution is 2.32. The lowest BCUT2D eigenvalue weighted by Crippen LogP contribution is -2.47. The molecule has 3 rings (SSSR count). The van der Waals surface area contributed by atoms with E-state index in [-0.39, 0.29) is 43.2 Å². The van der Waals surface area contributed by atoms with Crippen molar-refractivity contribution in [3.63, 3.8) is 0 Å². The number of methoxy groups -OCH3 is 1. The first-order chi connectivity index (χ1) is 16.2. The Morgan fingerprint density at radius 1 is 1.09 bits per heavy atom. The van der Waals surface area contributed by atoms with Gasteiger partial charge in [-0.15, -0.1) is 0 Å². The molecular weight excluding hydrogens is 460 g/mol. The Hall–Kier alpha value is -2.66. The normalized spacial score (nSPS) is 15.7. The van der Waals surface area contributed by atoms with Gasteiger partial charge in [-0.25, -0.2) is 8.42 Å². The molecule has 1 heterocycles. The van der Waals surface area contributed by atoms with Crippen LogP contribution in [-0.4, -0.2) is 81.4 Å². The average Bonchev–Trinajstić information content (AvgIpc) is 3.33. The van der Waals surface area contributed by atoms with E-state index < -0.39 is 22.2 Å². The number of ether oxygens (including phenoxy) is 3. The summed E-state index contributed by atoms with van der Waals surface area (Å²) in [4.78, 5) is 14.7. The predicted molar refractivity (Wildman–Crippen MR) is 126 cm³/mol. The number of nitrogens with zero attached hydrogens (tertiary/aromatic N) is 2. The number of sulfonamides is 1. The van der Waals surface area contributed by atoms with E-state index in [4.69, 9.17) is 14.2 Å². The minimum Gasteiger partial charge on any atom is -0.454 e. The fourth-order valence-corrected chi connectivity index (χ4v) is 5.57. The van der Waals surface area contributed by atoms with Gasteiger partial charge < -0.3 is 24.2 Å². The third kappa shape index (κ3) is 5.69. The van der Waals surface area contributed by atoms with Crippen LogP contribution >= 0.6 is 0 Å². The first-order valence-corrected chi connectivity index (χ1v) is 12.5. The van der Waals surface area contributed by atoms with Crippen molar-refractivity contribution in [3.8, 4) is 11.5 Å². The van der Waals surface area contributed by atoms with Crippen molar-refractivity contribution >= 4 is 15.9 Å². The quantitative estimate of drug-likeness (QED) is 0.513. The second-order valence-electron chi connectivity index (χ2n) is 8.42. The summed E-state index contributed by atoms with van der Waals surface area (Å²) in [5.74, 6) is 0.630. The smallest absolute Gasteiger partial charge is 0.253 e. The van der Waals surface area contributed by atoms with E-state index in [1.165, 1.54) is 28.4 Å². The highest BCUT2D eigenvalue weighted by Gasteiger charge is 2.33. The standard InChI is InChI=1S/C24H32N2O7S/c1-17(13-26(18(2)15-27)34(29,30)20-8-6-5-7-9-20)23(31-4)14-25(3)24(28)19-10-11-21-22(12-19)33-16-32-21/h5-12,17-18,23,27H,13-16H2,1-4H3/t17-,18+,23-/m0/s1. The Labute approximate surface area is 200 Å². The first-order valence-electron chi connectivity index (χ1n) is 11.0. The molecule has 0 aliphatic carbocycles. The van der Waals surface area contributed by atoms with E-state index in [2.05, 4.69) is 0 Å². The van der Waals surface area contributed by atoms with Crippen LogP contribution in [0.15, 0.2) is 53.4 Å². The van der Waals surface area contributed by atoms with E-state index >= 15 is 0 Å². The van der Waals surface area contributed by atoms with Gasteiger partial charge in [0.05, 0.1) is 17.6 Å². The molecule has 0 radical (unpaired) electrons. The molecule has 0 unspecified atom stereocenters. The molecule has 1 N–H and O–H groups in total. The summed E-state index contributed by atoms with van der Waals surface area (Å²) < 4.78 is 44.1. The zero-order valence-electron chi connectivity index (χ0n) is 19.9. The topological polar surface area (TPSA) is 106 Å². The maximum absolute atomic E-state index is 13.3. The van der Waals surface area contributed by atoms with Gasteiger partial charge >= 0.3 is 0 Å². The average molecular weight is 493 g/mol. The van der Waals surface area contributed by atoms with Gasteiger partial charge in [0.25, 0.3) is 5.91 Å². The van der Waals surface area contributed by atoms with Gasteiger partial charge in [0.15, 0.2) is 11.5 Å². The number of amides is 1. The van der Waals surface area contributed by atoms with Crippen LogP contribution in [0.4, 0.5) is 0 Å². The van der Waals surface area contributed by atoms with E-state index in [1.807, 2.05) is 6.92 Å². The molecule has 1 amide bonds. The molecular formula is C24H32N2O7S. The zero-order chi connectivity index (χ0) is 24.9. The highest BCUT2D eigenvalue weighted by atomic mass is 32.2. The van der Waals surface area contributed by atoms with Crippen molar-refractivity contribution in [3.05, 3.63) is 54.1 Å². The molecule has 1 aliphatic heterocycles. The molecule has 0 fully saturated rings. The lowest BCUT2D eigenvalue weighted by Gasteiger charge is -2.33.